The molecule has 2 aliphatic heterocycles. The van der Waals surface area contributed by atoms with Gasteiger partial charge in [-0.15, -0.1) is 0 Å². The summed E-state index contributed by atoms with van der Waals surface area (Å²) < 4.78 is 11.8. The second kappa shape index (κ2) is 4.54. The minimum absolute atomic E-state index is 0.190. The van der Waals surface area contributed by atoms with Crippen LogP contribution in [0.4, 0.5) is 0 Å². The summed E-state index contributed by atoms with van der Waals surface area (Å²) in [6.45, 7) is 2.41. The summed E-state index contributed by atoms with van der Waals surface area (Å²) in [5.74, 6) is 0.814. The molecule has 2 aliphatic carbocycles. The van der Waals surface area contributed by atoms with E-state index in [1.807, 2.05) is 12.1 Å². The van der Waals surface area contributed by atoms with Crippen molar-refractivity contribution in [3.05, 3.63) is 35.4 Å². The molecule has 0 saturated carbocycles. The number of ether oxygens (including phenoxy) is 2. The van der Waals surface area contributed by atoms with Crippen LogP contribution in [0.5, 0.6) is 11.5 Å². The Morgan fingerprint density at radius 3 is 3.04 bits per heavy atom. The summed E-state index contributed by atoms with van der Waals surface area (Å²) in [5, 5.41) is 10.4. The van der Waals surface area contributed by atoms with Crippen molar-refractivity contribution in [1.82, 2.24) is 4.90 Å². The standard InChI is InChI=1S/C19H21NO4/c1-10(21)23-15-6-4-12-13-9-11-3-5-14(22)17-16(11)19(12,18(15)24-17)7-8-20(13)2/h3-6,12-13,15,18,22H,7-9H2,1-2H3/t12-,13?,15-,18-,19-/m0/s1. The number of carbonyl (C=O) groups is 1. The number of hydrogen-bond donors (Lipinski definition) is 1. The lowest BCUT2D eigenvalue weighted by molar-refractivity contribution is -0.152. The molecule has 1 saturated heterocycles. The molecule has 1 aromatic carbocycles. The highest BCUT2D eigenvalue weighted by molar-refractivity contribution is 5.67. The van der Waals surface area contributed by atoms with Crippen molar-refractivity contribution >= 4 is 5.97 Å². The SMILES string of the molecule is CC(=O)O[C@H]1C=C[C@H]2C3Cc4ccc(O)c5c4[C@@]2(CCN3C)[C@H]1O5. The van der Waals surface area contributed by atoms with E-state index < -0.39 is 6.10 Å². The lowest BCUT2D eigenvalue weighted by Crippen LogP contribution is -2.65. The molecule has 24 heavy (non-hydrogen) atoms. The third-order valence-corrected chi connectivity index (χ3v) is 6.43. The Morgan fingerprint density at radius 2 is 2.25 bits per heavy atom. The number of likely N-dealkylation sites (N-methyl/N-ethyl adjacent to an activating group) is 1. The van der Waals surface area contributed by atoms with Gasteiger partial charge in [0, 0.05) is 29.9 Å². The third kappa shape index (κ3) is 1.56. The molecule has 2 bridgehead atoms. The molecule has 1 unspecified atom stereocenters. The fraction of sp³-hybridized carbons (Fsp3) is 0.526. The van der Waals surface area contributed by atoms with Gasteiger partial charge in [0.25, 0.3) is 0 Å². The van der Waals surface area contributed by atoms with Gasteiger partial charge in [-0.3, -0.25) is 4.79 Å². The zero-order valence-electron chi connectivity index (χ0n) is 13.9. The van der Waals surface area contributed by atoms with Gasteiger partial charge in [0.05, 0.1) is 0 Å². The number of benzene rings is 1. The molecule has 0 radical (unpaired) electrons. The van der Waals surface area contributed by atoms with E-state index in [1.54, 1.807) is 6.07 Å². The van der Waals surface area contributed by atoms with Crippen molar-refractivity contribution in [2.75, 3.05) is 13.6 Å². The van der Waals surface area contributed by atoms with E-state index in [2.05, 4.69) is 18.0 Å². The Morgan fingerprint density at radius 1 is 1.42 bits per heavy atom. The number of aromatic hydroxyl groups is 1. The van der Waals surface area contributed by atoms with Gasteiger partial charge in [-0.1, -0.05) is 12.1 Å². The van der Waals surface area contributed by atoms with Gasteiger partial charge in [-0.2, -0.15) is 0 Å². The van der Waals surface area contributed by atoms with Crippen molar-refractivity contribution in [2.45, 2.75) is 43.4 Å². The molecular weight excluding hydrogens is 306 g/mol. The first-order chi connectivity index (χ1) is 11.5. The predicted octanol–water partition coefficient (Wildman–Crippen LogP) is 1.77. The lowest BCUT2D eigenvalue weighted by atomic mass is 9.53. The molecule has 126 valence electrons. The number of likely N-dealkylation sites (tertiary alicyclic amines) is 1. The number of rotatable bonds is 1. The van der Waals surface area contributed by atoms with Crippen LogP contribution in [0.2, 0.25) is 0 Å². The van der Waals surface area contributed by atoms with Crippen LogP contribution < -0.4 is 4.74 Å². The van der Waals surface area contributed by atoms with Crippen molar-refractivity contribution in [1.29, 1.82) is 0 Å². The van der Waals surface area contributed by atoms with Crippen molar-refractivity contribution in [2.24, 2.45) is 5.92 Å². The van der Waals surface area contributed by atoms with Crippen LogP contribution in [-0.4, -0.2) is 47.8 Å². The Hall–Kier alpha value is -2.01. The first-order valence-corrected chi connectivity index (χ1v) is 8.60. The normalized spacial score (nSPS) is 38.4. The van der Waals surface area contributed by atoms with E-state index >= 15 is 0 Å². The van der Waals surface area contributed by atoms with Crippen LogP contribution in [0, 0.1) is 5.92 Å². The summed E-state index contributed by atoms with van der Waals surface area (Å²) in [6, 6.07) is 4.18. The fourth-order valence-corrected chi connectivity index (χ4v) is 5.51. The quantitative estimate of drug-likeness (QED) is 0.629. The maximum atomic E-state index is 11.6. The lowest BCUT2D eigenvalue weighted by Gasteiger charge is -2.56. The average Bonchev–Trinajstić information content (AvgIpc) is 2.89. The first kappa shape index (κ1) is 14.3. The van der Waals surface area contributed by atoms with E-state index in [0.717, 1.165) is 24.9 Å². The average molecular weight is 327 g/mol. The minimum Gasteiger partial charge on any atom is -0.504 e. The van der Waals surface area contributed by atoms with Gasteiger partial charge in [-0.05, 0) is 44.1 Å². The van der Waals surface area contributed by atoms with E-state index in [-0.39, 0.29) is 23.2 Å². The van der Waals surface area contributed by atoms with Crippen molar-refractivity contribution in [3.8, 4) is 11.5 Å². The highest BCUT2D eigenvalue weighted by Crippen LogP contribution is 2.62. The van der Waals surface area contributed by atoms with E-state index in [1.165, 1.54) is 12.5 Å². The summed E-state index contributed by atoms with van der Waals surface area (Å²) in [4.78, 5) is 14.0. The number of esters is 1. The topological polar surface area (TPSA) is 59.0 Å². The molecule has 4 aliphatic rings. The van der Waals surface area contributed by atoms with E-state index in [0.29, 0.717) is 17.7 Å². The van der Waals surface area contributed by atoms with Crippen molar-refractivity contribution in [3.63, 3.8) is 0 Å². The van der Waals surface area contributed by atoms with Crippen LogP contribution in [0.1, 0.15) is 24.5 Å². The maximum Gasteiger partial charge on any atom is 0.303 e. The summed E-state index contributed by atoms with van der Waals surface area (Å²) in [7, 11) is 2.18. The smallest absolute Gasteiger partial charge is 0.303 e. The third-order valence-electron chi connectivity index (χ3n) is 6.43. The Balaban J connectivity index is 1.74. The molecule has 0 aromatic heterocycles. The van der Waals surface area contributed by atoms with Crippen molar-refractivity contribution < 1.29 is 19.4 Å². The van der Waals surface area contributed by atoms with Crippen LogP contribution >= 0.6 is 0 Å². The number of phenols is 1. The predicted molar refractivity (Wildman–Crippen MR) is 87.1 cm³/mol. The molecule has 2 heterocycles. The van der Waals surface area contributed by atoms with E-state index in [4.69, 9.17) is 9.47 Å². The van der Waals surface area contributed by atoms with Gasteiger partial charge >= 0.3 is 5.97 Å². The number of carbonyl (C=O) groups excluding carboxylic acids is 1. The molecule has 5 atom stereocenters. The molecule has 1 aromatic rings. The largest absolute Gasteiger partial charge is 0.504 e. The number of nitrogens with zero attached hydrogens (tertiary/aromatic N) is 1. The van der Waals surface area contributed by atoms with Crippen LogP contribution in [0.15, 0.2) is 24.3 Å². The Bertz CT molecular complexity index is 773. The minimum atomic E-state index is -0.402. The molecule has 1 fully saturated rings. The van der Waals surface area contributed by atoms with Crippen LogP contribution in [-0.2, 0) is 21.4 Å². The summed E-state index contributed by atoms with van der Waals surface area (Å²) in [5.41, 5.74) is 2.21. The molecule has 1 N–H and O–H groups in total. The van der Waals surface area contributed by atoms with Gasteiger partial charge in [-0.25, -0.2) is 0 Å². The Labute approximate surface area is 140 Å². The van der Waals surface area contributed by atoms with E-state index in [9.17, 15) is 9.90 Å². The maximum absolute atomic E-state index is 11.6. The second-order valence-electron chi connectivity index (χ2n) is 7.51. The monoisotopic (exact) mass is 327 g/mol. The highest BCUT2D eigenvalue weighted by Gasteiger charge is 2.64. The molecular formula is C19H21NO4. The number of phenolic OH excluding ortho intramolecular Hbond substituents is 1. The number of piperidine rings is 1. The Kier molecular flexibility index (Phi) is 2.71. The fourth-order valence-electron chi connectivity index (χ4n) is 5.51. The highest BCUT2D eigenvalue weighted by atomic mass is 16.6. The zero-order chi connectivity index (χ0) is 16.6. The molecule has 5 heteroatoms. The second-order valence-corrected chi connectivity index (χ2v) is 7.51. The molecule has 5 nitrogen and oxygen atoms in total. The number of hydrogen-bond acceptors (Lipinski definition) is 5. The van der Waals surface area contributed by atoms with Crippen LogP contribution in [0.3, 0.4) is 0 Å². The molecule has 1 spiro atoms. The molecule has 0 amide bonds. The van der Waals surface area contributed by atoms with Gasteiger partial charge in [0.15, 0.2) is 17.6 Å². The first-order valence-electron chi connectivity index (χ1n) is 8.60. The van der Waals surface area contributed by atoms with Gasteiger partial charge < -0.3 is 19.5 Å². The van der Waals surface area contributed by atoms with Gasteiger partial charge in [0.1, 0.15) is 6.10 Å². The summed E-state index contributed by atoms with van der Waals surface area (Å²) >= 11 is 0. The van der Waals surface area contributed by atoms with Crippen LogP contribution in [0.25, 0.3) is 0 Å². The zero-order valence-corrected chi connectivity index (χ0v) is 13.9. The van der Waals surface area contributed by atoms with Gasteiger partial charge in [0.2, 0.25) is 0 Å². The molecule has 5 rings (SSSR count). The summed E-state index contributed by atoms with van der Waals surface area (Å²) in [6.07, 6.45) is 5.45.